The van der Waals surface area contributed by atoms with Crippen molar-refractivity contribution in [2.24, 2.45) is 0 Å². The van der Waals surface area contributed by atoms with E-state index in [9.17, 15) is 0 Å². The minimum Gasteiger partial charge on any atom is -0.310 e. The second kappa shape index (κ2) is 10.9. The molecule has 8 aromatic carbocycles. The zero-order chi connectivity index (χ0) is 31.5. The third-order valence-corrected chi connectivity index (χ3v) is 9.62. The molecule has 0 aliphatic heterocycles. The summed E-state index contributed by atoms with van der Waals surface area (Å²) in [6.07, 6.45) is 0. The van der Waals surface area contributed by atoms with Gasteiger partial charge >= 0.3 is 0 Å². The summed E-state index contributed by atoms with van der Waals surface area (Å²) >= 11 is 0. The molecule has 0 aromatic heterocycles. The van der Waals surface area contributed by atoms with Crippen molar-refractivity contribution < 1.29 is 0 Å². The third-order valence-electron chi connectivity index (χ3n) is 9.62. The van der Waals surface area contributed by atoms with Gasteiger partial charge in [-0.1, -0.05) is 115 Å². The third kappa shape index (κ3) is 4.47. The Bertz CT molecular complexity index is 2430. The van der Waals surface area contributed by atoms with Crippen LogP contribution in [0.5, 0.6) is 0 Å². The van der Waals surface area contributed by atoms with Gasteiger partial charge in [0.15, 0.2) is 0 Å². The predicted octanol–water partition coefficient (Wildman–Crippen LogP) is 13.1. The Hall–Kier alpha value is -5.92. The molecule has 222 valence electrons. The summed E-state index contributed by atoms with van der Waals surface area (Å²) in [4.78, 5) is 2.38. The van der Waals surface area contributed by atoms with Crippen molar-refractivity contribution >= 4 is 38.6 Å². The molecule has 8 aromatic rings. The predicted molar refractivity (Wildman–Crippen MR) is 201 cm³/mol. The van der Waals surface area contributed by atoms with Crippen LogP contribution in [0, 0.1) is 13.8 Å². The van der Waals surface area contributed by atoms with E-state index in [-0.39, 0.29) is 0 Å². The summed E-state index contributed by atoms with van der Waals surface area (Å²) in [5.41, 5.74) is 16.5. The lowest BCUT2D eigenvalue weighted by Gasteiger charge is -2.33. The van der Waals surface area contributed by atoms with E-state index in [1.807, 2.05) is 0 Å². The Morgan fingerprint density at radius 3 is 1.32 bits per heavy atom. The van der Waals surface area contributed by atoms with Crippen LogP contribution in [0.15, 0.2) is 164 Å². The fraction of sp³-hybridized carbons (Fsp3) is 0.0435. The maximum Gasteiger partial charge on any atom is 0.0468 e. The Labute approximate surface area is 276 Å². The van der Waals surface area contributed by atoms with Crippen LogP contribution < -0.4 is 4.90 Å². The number of benzene rings is 8. The average Bonchev–Trinajstić information content (AvgIpc) is 3.10. The van der Waals surface area contributed by atoms with E-state index in [1.54, 1.807) is 0 Å². The van der Waals surface area contributed by atoms with Crippen molar-refractivity contribution in [2.45, 2.75) is 13.8 Å². The lowest BCUT2D eigenvalue weighted by Crippen LogP contribution is -2.10. The topological polar surface area (TPSA) is 3.24 Å². The molecule has 0 amide bonds. The molecule has 1 heteroatoms. The average molecular weight is 600 g/mol. The second-order valence-electron chi connectivity index (χ2n) is 12.7. The Kier molecular flexibility index (Phi) is 6.33. The molecular formula is C46H33N. The van der Waals surface area contributed by atoms with Crippen molar-refractivity contribution in [2.75, 3.05) is 4.90 Å². The van der Waals surface area contributed by atoms with Crippen molar-refractivity contribution in [1.29, 1.82) is 0 Å². The van der Waals surface area contributed by atoms with Crippen LogP contribution in [0.2, 0.25) is 0 Å². The summed E-state index contributed by atoms with van der Waals surface area (Å²) in [6.45, 7) is 4.32. The van der Waals surface area contributed by atoms with E-state index in [2.05, 4.69) is 183 Å². The molecular weight excluding hydrogens is 567 g/mol. The Morgan fingerprint density at radius 1 is 0.340 bits per heavy atom. The number of nitrogens with zero attached hydrogens (tertiary/aromatic N) is 1. The van der Waals surface area contributed by atoms with Gasteiger partial charge in [0, 0.05) is 17.1 Å². The van der Waals surface area contributed by atoms with E-state index >= 15 is 0 Å². The summed E-state index contributed by atoms with van der Waals surface area (Å²) in [5, 5.41) is 5.08. The molecule has 0 spiro atoms. The highest BCUT2D eigenvalue weighted by molar-refractivity contribution is 6.26. The van der Waals surface area contributed by atoms with Gasteiger partial charge in [0.2, 0.25) is 0 Å². The molecule has 9 rings (SSSR count). The quantitative estimate of drug-likeness (QED) is 0.190. The molecule has 47 heavy (non-hydrogen) atoms. The van der Waals surface area contributed by atoms with Gasteiger partial charge in [-0.2, -0.15) is 0 Å². The standard InChI is InChI=1S/C46H33N/c1-30-13-11-19-36(25-30)47(37-20-12-14-31(2)26-37)38-24-23-34-28-41-42(29-35(34)27-38)46-44(33-17-7-4-8-18-33)40-22-10-9-21-39(40)43(45(41)46)32-15-5-3-6-16-32/h3-29H,1-2H3. The zero-order valence-corrected chi connectivity index (χ0v) is 26.5. The van der Waals surface area contributed by atoms with E-state index in [1.165, 1.54) is 77.2 Å². The van der Waals surface area contributed by atoms with Gasteiger partial charge in [0.05, 0.1) is 0 Å². The van der Waals surface area contributed by atoms with Gasteiger partial charge in [-0.05, 0) is 140 Å². The monoisotopic (exact) mass is 599 g/mol. The molecule has 0 radical (unpaired) electrons. The number of rotatable bonds is 5. The van der Waals surface area contributed by atoms with Gasteiger partial charge in [-0.25, -0.2) is 0 Å². The van der Waals surface area contributed by atoms with Crippen molar-refractivity contribution in [3.63, 3.8) is 0 Å². The Morgan fingerprint density at radius 2 is 0.809 bits per heavy atom. The fourth-order valence-electron chi connectivity index (χ4n) is 7.54. The lowest BCUT2D eigenvalue weighted by atomic mass is 9.70. The molecule has 0 saturated carbocycles. The fourth-order valence-corrected chi connectivity index (χ4v) is 7.54. The first-order valence-electron chi connectivity index (χ1n) is 16.4. The highest BCUT2D eigenvalue weighted by atomic mass is 15.1. The minimum atomic E-state index is 1.15. The van der Waals surface area contributed by atoms with Gasteiger partial charge in [0.25, 0.3) is 0 Å². The molecule has 1 aliphatic rings. The highest BCUT2D eigenvalue weighted by Crippen LogP contribution is 2.59. The maximum absolute atomic E-state index is 2.43. The summed E-state index contributed by atoms with van der Waals surface area (Å²) in [5.74, 6) is 0. The number of anilines is 3. The zero-order valence-electron chi connectivity index (χ0n) is 26.5. The highest BCUT2D eigenvalue weighted by Gasteiger charge is 2.32. The molecule has 1 aliphatic carbocycles. The number of hydrogen-bond acceptors (Lipinski definition) is 1. The SMILES string of the molecule is Cc1cccc(N(c2cccc(C)c2)c2ccc3cc4c(cc3c2)-c2c-4c(-c3ccccc3)c3ccccc3c2-c2ccccc2)c1. The number of fused-ring (bicyclic) bond motifs is 6. The first-order valence-corrected chi connectivity index (χ1v) is 16.4. The van der Waals surface area contributed by atoms with E-state index in [0.717, 1.165) is 17.1 Å². The molecule has 0 N–H and O–H groups in total. The first-order chi connectivity index (χ1) is 23.1. The minimum absolute atomic E-state index is 1.15. The van der Waals surface area contributed by atoms with Gasteiger partial charge in [0.1, 0.15) is 0 Å². The summed E-state index contributed by atoms with van der Waals surface area (Å²) in [7, 11) is 0. The van der Waals surface area contributed by atoms with Crippen LogP contribution in [-0.2, 0) is 0 Å². The van der Waals surface area contributed by atoms with Gasteiger partial charge in [-0.15, -0.1) is 0 Å². The van der Waals surface area contributed by atoms with Crippen LogP contribution >= 0.6 is 0 Å². The lowest BCUT2D eigenvalue weighted by molar-refractivity contribution is 1.26. The second-order valence-corrected chi connectivity index (χ2v) is 12.7. The van der Waals surface area contributed by atoms with Crippen LogP contribution in [0.25, 0.3) is 66.1 Å². The maximum atomic E-state index is 2.43. The van der Waals surface area contributed by atoms with Crippen molar-refractivity contribution in [1.82, 2.24) is 0 Å². The Balaban J connectivity index is 1.30. The molecule has 0 heterocycles. The molecule has 0 fully saturated rings. The summed E-state index contributed by atoms with van der Waals surface area (Å²) < 4.78 is 0. The van der Waals surface area contributed by atoms with Crippen LogP contribution in [0.3, 0.4) is 0 Å². The van der Waals surface area contributed by atoms with Gasteiger partial charge in [-0.3, -0.25) is 0 Å². The van der Waals surface area contributed by atoms with Crippen molar-refractivity contribution in [3.8, 4) is 44.5 Å². The first kappa shape index (κ1) is 27.4. The van der Waals surface area contributed by atoms with E-state index < -0.39 is 0 Å². The van der Waals surface area contributed by atoms with Crippen LogP contribution in [0.1, 0.15) is 11.1 Å². The van der Waals surface area contributed by atoms with Crippen LogP contribution in [0.4, 0.5) is 17.1 Å². The summed E-state index contributed by atoms with van der Waals surface area (Å²) in [6, 6.07) is 60.1. The number of hydrogen-bond donors (Lipinski definition) is 0. The molecule has 0 atom stereocenters. The largest absolute Gasteiger partial charge is 0.310 e. The molecule has 0 saturated heterocycles. The van der Waals surface area contributed by atoms with E-state index in [4.69, 9.17) is 0 Å². The van der Waals surface area contributed by atoms with Crippen LogP contribution in [-0.4, -0.2) is 0 Å². The number of aryl methyl sites for hydroxylation is 2. The smallest absolute Gasteiger partial charge is 0.0468 e. The van der Waals surface area contributed by atoms with Crippen molar-refractivity contribution in [3.05, 3.63) is 175 Å². The van der Waals surface area contributed by atoms with E-state index in [0.29, 0.717) is 0 Å². The molecule has 0 unspecified atom stereocenters. The molecule has 0 bridgehead atoms. The normalized spacial score (nSPS) is 11.6. The molecule has 1 nitrogen and oxygen atoms in total. The van der Waals surface area contributed by atoms with Gasteiger partial charge < -0.3 is 4.90 Å².